The first-order valence-corrected chi connectivity index (χ1v) is 7.76. The van der Waals surface area contributed by atoms with E-state index in [1.54, 1.807) is 0 Å². The number of amides is 1. The van der Waals surface area contributed by atoms with E-state index in [0.717, 1.165) is 24.1 Å². The third-order valence-corrected chi connectivity index (χ3v) is 4.25. The number of hydrogen-bond donors (Lipinski definition) is 0. The van der Waals surface area contributed by atoms with Crippen LogP contribution in [0, 0.1) is 13.8 Å². The van der Waals surface area contributed by atoms with Gasteiger partial charge < -0.3 is 4.90 Å². The third kappa shape index (κ3) is 2.96. The van der Waals surface area contributed by atoms with Crippen molar-refractivity contribution in [2.75, 3.05) is 13.1 Å². The molecule has 0 aromatic heterocycles. The lowest BCUT2D eigenvalue weighted by atomic mass is 9.98. The van der Waals surface area contributed by atoms with E-state index in [9.17, 15) is 4.79 Å². The molecule has 0 N–H and O–H groups in total. The highest BCUT2D eigenvalue weighted by Gasteiger charge is 2.20. The van der Waals surface area contributed by atoms with E-state index in [1.807, 2.05) is 30.0 Å². The largest absolute Gasteiger partial charge is 0.335 e. The van der Waals surface area contributed by atoms with Crippen LogP contribution in [0.3, 0.4) is 0 Å². The van der Waals surface area contributed by atoms with Crippen molar-refractivity contribution in [3.8, 4) is 0 Å². The number of carbonyl (C=O) groups excluding carboxylic acids is 1. The third-order valence-electron chi connectivity index (χ3n) is 4.25. The van der Waals surface area contributed by atoms with Crippen molar-refractivity contribution in [1.29, 1.82) is 0 Å². The summed E-state index contributed by atoms with van der Waals surface area (Å²) in [6.45, 7) is 5.54. The first-order valence-electron chi connectivity index (χ1n) is 7.76. The predicted molar refractivity (Wildman–Crippen MR) is 90.9 cm³/mol. The summed E-state index contributed by atoms with van der Waals surface area (Å²) in [5, 5.41) is 0. The molecule has 112 valence electrons. The Hall–Kier alpha value is -2.35. The number of aryl methyl sites for hydroxylation is 2. The van der Waals surface area contributed by atoms with E-state index in [-0.39, 0.29) is 5.91 Å². The summed E-state index contributed by atoms with van der Waals surface area (Å²) in [5.74, 6) is 0.140. The van der Waals surface area contributed by atoms with E-state index in [1.165, 1.54) is 16.7 Å². The van der Waals surface area contributed by atoms with Crippen molar-refractivity contribution in [2.45, 2.75) is 20.3 Å². The van der Waals surface area contributed by atoms with Crippen molar-refractivity contribution in [2.24, 2.45) is 0 Å². The molecule has 1 amide bonds. The standard InChI is InChI=1S/C20H21NO/c1-15-8-9-19(16(2)14-15)20(22)21-12-10-18(11-13-21)17-6-4-3-5-7-17/h3-10,14H,11-13H2,1-2H3. The van der Waals surface area contributed by atoms with E-state index in [2.05, 4.69) is 43.3 Å². The highest BCUT2D eigenvalue weighted by Crippen LogP contribution is 2.23. The van der Waals surface area contributed by atoms with Gasteiger partial charge in [-0.25, -0.2) is 0 Å². The molecule has 0 fully saturated rings. The van der Waals surface area contributed by atoms with E-state index >= 15 is 0 Å². The maximum atomic E-state index is 12.7. The Kier molecular flexibility index (Phi) is 4.10. The SMILES string of the molecule is Cc1ccc(C(=O)N2CC=C(c3ccccc3)CC2)c(C)c1. The van der Waals surface area contributed by atoms with Crippen molar-refractivity contribution >= 4 is 11.5 Å². The van der Waals surface area contributed by atoms with Crippen LogP contribution in [0.15, 0.2) is 54.6 Å². The van der Waals surface area contributed by atoms with Gasteiger partial charge in [0.15, 0.2) is 0 Å². The van der Waals surface area contributed by atoms with Gasteiger partial charge in [-0.2, -0.15) is 0 Å². The molecule has 0 atom stereocenters. The van der Waals surface area contributed by atoms with Gasteiger partial charge in [0.1, 0.15) is 0 Å². The number of rotatable bonds is 2. The second kappa shape index (κ2) is 6.18. The average molecular weight is 291 g/mol. The number of hydrogen-bond acceptors (Lipinski definition) is 1. The van der Waals surface area contributed by atoms with Crippen LogP contribution in [0.4, 0.5) is 0 Å². The molecule has 1 heterocycles. The Morgan fingerprint density at radius 1 is 1.05 bits per heavy atom. The van der Waals surface area contributed by atoms with Crippen LogP contribution in [0.5, 0.6) is 0 Å². The molecule has 0 bridgehead atoms. The molecule has 2 aromatic carbocycles. The van der Waals surface area contributed by atoms with Crippen LogP contribution < -0.4 is 0 Å². The van der Waals surface area contributed by atoms with Gasteiger partial charge in [0.2, 0.25) is 0 Å². The molecule has 22 heavy (non-hydrogen) atoms. The second-order valence-corrected chi connectivity index (χ2v) is 5.91. The zero-order chi connectivity index (χ0) is 15.5. The van der Waals surface area contributed by atoms with Gasteiger partial charge in [0, 0.05) is 18.7 Å². The minimum absolute atomic E-state index is 0.140. The van der Waals surface area contributed by atoms with Gasteiger partial charge in [-0.1, -0.05) is 54.1 Å². The van der Waals surface area contributed by atoms with Crippen LogP contribution >= 0.6 is 0 Å². The van der Waals surface area contributed by atoms with Crippen LogP contribution in [0.2, 0.25) is 0 Å². The zero-order valence-corrected chi connectivity index (χ0v) is 13.2. The zero-order valence-electron chi connectivity index (χ0n) is 13.2. The fourth-order valence-corrected chi connectivity index (χ4v) is 2.99. The lowest BCUT2D eigenvalue weighted by Gasteiger charge is -2.27. The monoisotopic (exact) mass is 291 g/mol. The topological polar surface area (TPSA) is 20.3 Å². The van der Waals surface area contributed by atoms with Crippen LogP contribution in [-0.4, -0.2) is 23.9 Å². The Morgan fingerprint density at radius 3 is 2.45 bits per heavy atom. The average Bonchev–Trinajstić information content (AvgIpc) is 2.55. The van der Waals surface area contributed by atoms with Crippen LogP contribution in [0.25, 0.3) is 5.57 Å². The lowest BCUT2D eigenvalue weighted by molar-refractivity contribution is 0.0772. The molecule has 0 radical (unpaired) electrons. The quantitative estimate of drug-likeness (QED) is 0.810. The fraction of sp³-hybridized carbons (Fsp3) is 0.250. The maximum Gasteiger partial charge on any atom is 0.254 e. The molecule has 1 aliphatic heterocycles. The summed E-state index contributed by atoms with van der Waals surface area (Å²) in [6.07, 6.45) is 3.10. The predicted octanol–water partition coefficient (Wildman–Crippen LogP) is 4.23. The Balaban J connectivity index is 1.76. The number of nitrogens with zero attached hydrogens (tertiary/aromatic N) is 1. The summed E-state index contributed by atoms with van der Waals surface area (Å²) >= 11 is 0. The molecule has 2 nitrogen and oxygen atoms in total. The molecule has 1 aliphatic rings. The molecular formula is C20H21NO. The summed E-state index contributed by atoms with van der Waals surface area (Å²) in [6, 6.07) is 16.4. The summed E-state index contributed by atoms with van der Waals surface area (Å²) in [7, 11) is 0. The first kappa shape index (κ1) is 14.6. The summed E-state index contributed by atoms with van der Waals surface area (Å²) in [5.41, 5.74) is 5.68. The van der Waals surface area contributed by atoms with E-state index < -0.39 is 0 Å². The maximum absolute atomic E-state index is 12.7. The Morgan fingerprint density at radius 2 is 1.82 bits per heavy atom. The molecular weight excluding hydrogens is 270 g/mol. The summed E-state index contributed by atoms with van der Waals surface area (Å²) in [4.78, 5) is 14.6. The smallest absolute Gasteiger partial charge is 0.254 e. The van der Waals surface area contributed by atoms with Gasteiger partial charge >= 0.3 is 0 Å². The minimum Gasteiger partial charge on any atom is -0.335 e. The minimum atomic E-state index is 0.140. The van der Waals surface area contributed by atoms with Crippen LogP contribution in [0.1, 0.15) is 33.5 Å². The van der Waals surface area contributed by atoms with E-state index in [0.29, 0.717) is 6.54 Å². The van der Waals surface area contributed by atoms with Gasteiger partial charge in [0.05, 0.1) is 0 Å². The fourth-order valence-electron chi connectivity index (χ4n) is 2.99. The van der Waals surface area contributed by atoms with Gasteiger partial charge in [-0.05, 0) is 43.0 Å². The molecule has 0 saturated heterocycles. The van der Waals surface area contributed by atoms with Crippen molar-refractivity contribution in [3.05, 3.63) is 76.9 Å². The van der Waals surface area contributed by atoms with E-state index in [4.69, 9.17) is 0 Å². The lowest BCUT2D eigenvalue weighted by Crippen LogP contribution is -2.35. The normalized spacial score (nSPS) is 14.6. The van der Waals surface area contributed by atoms with Gasteiger partial charge in [-0.15, -0.1) is 0 Å². The van der Waals surface area contributed by atoms with Crippen LogP contribution in [-0.2, 0) is 0 Å². The Bertz CT molecular complexity index is 716. The molecule has 2 heteroatoms. The highest BCUT2D eigenvalue weighted by molar-refractivity contribution is 5.96. The Labute approximate surface area is 132 Å². The van der Waals surface area contributed by atoms with Crippen molar-refractivity contribution in [3.63, 3.8) is 0 Å². The van der Waals surface area contributed by atoms with Crippen molar-refractivity contribution in [1.82, 2.24) is 4.90 Å². The molecule has 0 spiro atoms. The summed E-state index contributed by atoms with van der Waals surface area (Å²) < 4.78 is 0. The number of benzene rings is 2. The van der Waals surface area contributed by atoms with Gasteiger partial charge in [-0.3, -0.25) is 4.79 Å². The van der Waals surface area contributed by atoms with Crippen molar-refractivity contribution < 1.29 is 4.79 Å². The highest BCUT2D eigenvalue weighted by atomic mass is 16.2. The molecule has 3 rings (SSSR count). The second-order valence-electron chi connectivity index (χ2n) is 5.91. The first-order chi connectivity index (χ1) is 10.6. The molecule has 0 saturated carbocycles. The molecule has 0 aliphatic carbocycles. The number of carbonyl (C=O) groups is 1. The van der Waals surface area contributed by atoms with Gasteiger partial charge in [0.25, 0.3) is 5.91 Å². The molecule has 2 aromatic rings. The molecule has 0 unspecified atom stereocenters.